The highest BCUT2D eigenvalue weighted by atomic mass is 15.4. The molecular weight excluding hydrogens is 250 g/mol. The quantitative estimate of drug-likeness (QED) is 0.719. The van der Waals surface area contributed by atoms with E-state index >= 15 is 0 Å². The van der Waals surface area contributed by atoms with Crippen LogP contribution in [0.3, 0.4) is 0 Å². The lowest BCUT2D eigenvalue weighted by molar-refractivity contribution is 0.452. The number of rotatable bonds is 5. The summed E-state index contributed by atoms with van der Waals surface area (Å²) in [7, 11) is 0. The highest BCUT2D eigenvalue weighted by Gasteiger charge is 2.21. The third-order valence-electron chi connectivity index (χ3n) is 3.79. The SMILES string of the molecule is CC1NNCC1CCCNc1ccnc(C(C)(C)C)n1. The van der Waals surface area contributed by atoms with Crippen molar-refractivity contribution in [3.05, 3.63) is 18.1 Å². The zero-order chi connectivity index (χ0) is 14.6. The van der Waals surface area contributed by atoms with E-state index in [1.807, 2.05) is 12.3 Å². The first kappa shape index (κ1) is 15.2. The first-order valence-corrected chi connectivity index (χ1v) is 7.52. The molecule has 0 radical (unpaired) electrons. The highest BCUT2D eigenvalue weighted by molar-refractivity contribution is 5.33. The molecule has 2 heterocycles. The van der Waals surface area contributed by atoms with Crippen molar-refractivity contribution >= 4 is 5.82 Å². The summed E-state index contributed by atoms with van der Waals surface area (Å²) < 4.78 is 0. The van der Waals surface area contributed by atoms with Crippen LogP contribution in [0.5, 0.6) is 0 Å². The van der Waals surface area contributed by atoms with Gasteiger partial charge in [0, 0.05) is 30.7 Å². The van der Waals surface area contributed by atoms with E-state index in [0.29, 0.717) is 6.04 Å². The van der Waals surface area contributed by atoms with Crippen molar-refractivity contribution in [2.45, 2.75) is 52.0 Å². The van der Waals surface area contributed by atoms with Gasteiger partial charge >= 0.3 is 0 Å². The minimum Gasteiger partial charge on any atom is -0.370 e. The van der Waals surface area contributed by atoms with Gasteiger partial charge in [0.2, 0.25) is 0 Å². The van der Waals surface area contributed by atoms with E-state index in [2.05, 4.69) is 53.8 Å². The Hall–Kier alpha value is -1.20. The molecule has 0 aliphatic carbocycles. The Morgan fingerprint density at radius 3 is 2.85 bits per heavy atom. The maximum absolute atomic E-state index is 4.58. The molecular formula is C15H27N5. The summed E-state index contributed by atoms with van der Waals surface area (Å²) in [5.74, 6) is 2.55. The molecule has 2 unspecified atom stereocenters. The Labute approximate surface area is 121 Å². The van der Waals surface area contributed by atoms with Gasteiger partial charge in [-0.1, -0.05) is 20.8 Å². The zero-order valence-electron chi connectivity index (χ0n) is 13.0. The van der Waals surface area contributed by atoms with Crippen molar-refractivity contribution < 1.29 is 0 Å². The molecule has 2 atom stereocenters. The van der Waals surface area contributed by atoms with E-state index in [9.17, 15) is 0 Å². The molecule has 2 rings (SSSR count). The molecule has 1 aliphatic rings. The van der Waals surface area contributed by atoms with Gasteiger partial charge in [-0.2, -0.15) is 0 Å². The zero-order valence-corrected chi connectivity index (χ0v) is 13.0. The Balaban J connectivity index is 1.77. The summed E-state index contributed by atoms with van der Waals surface area (Å²) in [6.45, 7) is 10.7. The smallest absolute Gasteiger partial charge is 0.135 e. The van der Waals surface area contributed by atoms with E-state index in [1.165, 1.54) is 6.42 Å². The first-order chi connectivity index (χ1) is 9.47. The van der Waals surface area contributed by atoms with Crippen LogP contribution in [0.4, 0.5) is 5.82 Å². The van der Waals surface area contributed by atoms with Crippen molar-refractivity contribution in [2.24, 2.45) is 5.92 Å². The second kappa shape index (κ2) is 6.50. The van der Waals surface area contributed by atoms with E-state index in [4.69, 9.17) is 0 Å². The number of hydrogen-bond acceptors (Lipinski definition) is 5. The number of hydrogen-bond donors (Lipinski definition) is 3. The summed E-state index contributed by atoms with van der Waals surface area (Å²) in [6, 6.07) is 2.51. The molecule has 1 aromatic rings. The lowest BCUT2D eigenvalue weighted by Gasteiger charge is -2.17. The molecule has 1 fully saturated rings. The van der Waals surface area contributed by atoms with Gasteiger partial charge in [-0.25, -0.2) is 9.97 Å². The number of anilines is 1. The Kier molecular flexibility index (Phi) is 4.94. The molecule has 1 saturated heterocycles. The molecule has 112 valence electrons. The summed E-state index contributed by atoms with van der Waals surface area (Å²) in [4.78, 5) is 8.93. The second-order valence-electron chi connectivity index (χ2n) is 6.66. The van der Waals surface area contributed by atoms with Gasteiger partial charge in [-0.15, -0.1) is 0 Å². The molecule has 0 saturated carbocycles. The predicted octanol–water partition coefficient (Wildman–Crippen LogP) is 2.08. The molecule has 5 heteroatoms. The third kappa shape index (κ3) is 4.15. The van der Waals surface area contributed by atoms with Crippen LogP contribution in [0.1, 0.15) is 46.4 Å². The lowest BCUT2D eigenvalue weighted by atomic mass is 9.96. The number of nitrogens with one attached hydrogen (secondary N) is 3. The molecule has 3 N–H and O–H groups in total. The van der Waals surface area contributed by atoms with E-state index in [0.717, 1.165) is 37.1 Å². The summed E-state index contributed by atoms with van der Waals surface area (Å²) in [5, 5.41) is 3.40. The third-order valence-corrected chi connectivity index (χ3v) is 3.79. The van der Waals surface area contributed by atoms with Crippen molar-refractivity contribution in [3.63, 3.8) is 0 Å². The average Bonchev–Trinajstić information content (AvgIpc) is 2.80. The van der Waals surface area contributed by atoms with Gasteiger partial charge in [0.25, 0.3) is 0 Å². The van der Waals surface area contributed by atoms with E-state index in [1.54, 1.807) is 0 Å². The molecule has 0 bridgehead atoms. The van der Waals surface area contributed by atoms with E-state index in [-0.39, 0.29) is 5.41 Å². The van der Waals surface area contributed by atoms with Gasteiger partial charge in [-0.3, -0.25) is 10.9 Å². The molecule has 0 spiro atoms. The molecule has 0 amide bonds. The number of aromatic nitrogens is 2. The number of hydrazine groups is 1. The Bertz CT molecular complexity index is 427. The minimum atomic E-state index is -0.00565. The van der Waals surface area contributed by atoms with Crippen LogP contribution in [0.25, 0.3) is 0 Å². The first-order valence-electron chi connectivity index (χ1n) is 7.52. The normalized spacial score (nSPS) is 23.0. The van der Waals surface area contributed by atoms with Crippen molar-refractivity contribution in [1.82, 2.24) is 20.8 Å². The maximum atomic E-state index is 4.58. The molecule has 20 heavy (non-hydrogen) atoms. The molecule has 1 aromatic heterocycles. The fourth-order valence-electron chi connectivity index (χ4n) is 2.40. The predicted molar refractivity (Wildman–Crippen MR) is 82.5 cm³/mol. The van der Waals surface area contributed by atoms with Gasteiger partial charge in [0.15, 0.2) is 0 Å². The fraction of sp³-hybridized carbons (Fsp3) is 0.733. The molecule has 1 aliphatic heterocycles. The minimum absolute atomic E-state index is 0.00565. The van der Waals surface area contributed by atoms with Crippen molar-refractivity contribution in [3.8, 4) is 0 Å². The lowest BCUT2D eigenvalue weighted by Crippen LogP contribution is -2.28. The van der Waals surface area contributed by atoms with Crippen LogP contribution >= 0.6 is 0 Å². The van der Waals surface area contributed by atoms with Crippen molar-refractivity contribution in [1.29, 1.82) is 0 Å². The molecule has 5 nitrogen and oxygen atoms in total. The second-order valence-corrected chi connectivity index (χ2v) is 6.66. The summed E-state index contributed by atoms with van der Waals surface area (Å²) in [5.41, 5.74) is 6.47. The standard InChI is InChI=1S/C15H27N5/c1-11-12(10-18-20-11)6-5-8-16-13-7-9-17-14(19-13)15(2,3)4/h7,9,11-12,18,20H,5-6,8,10H2,1-4H3,(H,16,17,19). The van der Waals surface area contributed by atoms with Crippen LogP contribution < -0.4 is 16.2 Å². The maximum Gasteiger partial charge on any atom is 0.135 e. The summed E-state index contributed by atoms with van der Waals surface area (Å²) in [6.07, 6.45) is 4.22. The van der Waals surface area contributed by atoms with Crippen LogP contribution in [-0.4, -0.2) is 29.1 Å². The van der Waals surface area contributed by atoms with E-state index < -0.39 is 0 Å². The Morgan fingerprint density at radius 1 is 1.40 bits per heavy atom. The van der Waals surface area contributed by atoms with Gasteiger partial charge < -0.3 is 5.32 Å². The van der Waals surface area contributed by atoms with Crippen molar-refractivity contribution in [2.75, 3.05) is 18.4 Å². The monoisotopic (exact) mass is 277 g/mol. The highest BCUT2D eigenvalue weighted by Crippen LogP contribution is 2.19. The fourth-order valence-corrected chi connectivity index (χ4v) is 2.40. The van der Waals surface area contributed by atoms with Gasteiger partial charge in [-0.05, 0) is 31.7 Å². The number of nitrogens with zero attached hydrogens (tertiary/aromatic N) is 2. The van der Waals surface area contributed by atoms with Gasteiger partial charge in [0.1, 0.15) is 11.6 Å². The van der Waals surface area contributed by atoms with Crippen LogP contribution in [0.15, 0.2) is 12.3 Å². The average molecular weight is 277 g/mol. The van der Waals surface area contributed by atoms with Gasteiger partial charge in [0.05, 0.1) is 0 Å². The van der Waals surface area contributed by atoms with Crippen LogP contribution in [0.2, 0.25) is 0 Å². The largest absolute Gasteiger partial charge is 0.370 e. The topological polar surface area (TPSA) is 61.9 Å². The van der Waals surface area contributed by atoms with Crippen LogP contribution in [-0.2, 0) is 5.41 Å². The summed E-state index contributed by atoms with van der Waals surface area (Å²) >= 11 is 0. The van der Waals surface area contributed by atoms with Crippen LogP contribution in [0, 0.1) is 5.92 Å². The Morgan fingerprint density at radius 2 is 2.20 bits per heavy atom. The molecule has 0 aromatic carbocycles.